The van der Waals surface area contributed by atoms with Crippen molar-refractivity contribution in [1.29, 1.82) is 0 Å². The van der Waals surface area contributed by atoms with Gasteiger partial charge in [0.25, 0.3) is 0 Å². The van der Waals surface area contributed by atoms with Crippen LogP contribution in [0.2, 0.25) is 0 Å². The lowest BCUT2D eigenvalue weighted by Crippen LogP contribution is -2.13. The zero-order valence-corrected chi connectivity index (χ0v) is 5.33. The third kappa shape index (κ3) is 2.58. The summed E-state index contributed by atoms with van der Waals surface area (Å²) in [6.45, 7) is 0. The molecule has 4 heteroatoms. The van der Waals surface area contributed by atoms with E-state index in [2.05, 4.69) is 9.98 Å². The van der Waals surface area contributed by atoms with Crippen LogP contribution in [0, 0.1) is 0 Å². The molecule has 0 radical (unpaired) electrons. The molecule has 0 aliphatic rings. The fraction of sp³-hybridized carbons (Fsp3) is 0.400. The van der Waals surface area contributed by atoms with Crippen molar-refractivity contribution < 1.29 is 9.90 Å². The molecule has 50 valence electrons. The van der Waals surface area contributed by atoms with Crippen molar-refractivity contribution >= 4 is 17.9 Å². The van der Waals surface area contributed by atoms with Gasteiger partial charge in [0, 0.05) is 14.1 Å². The van der Waals surface area contributed by atoms with E-state index in [1.165, 1.54) is 20.3 Å². The maximum absolute atomic E-state index is 10.1. The summed E-state index contributed by atoms with van der Waals surface area (Å²) in [5.74, 6) is -1.05. The van der Waals surface area contributed by atoms with Crippen molar-refractivity contribution in [3.8, 4) is 0 Å². The molecular formula is C5H8N2O2. The highest BCUT2D eigenvalue weighted by atomic mass is 16.4. The van der Waals surface area contributed by atoms with E-state index in [-0.39, 0.29) is 5.71 Å². The third-order valence-electron chi connectivity index (χ3n) is 0.711. The fourth-order valence-electron chi connectivity index (χ4n) is 0.331. The first kappa shape index (κ1) is 7.81. The van der Waals surface area contributed by atoms with Crippen LogP contribution in [0.4, 0.5) is 0 Å². The Morgan fingerprint density at radius 2 is 2.11 bits per heavy atom. The lowest BCUT2D eigenvalue weighted by atomic mass is 10.4. The summed E-state index contributed by atoms with van der Waals surface area (Å²) in [4.78, 5) is 17.0. The summed E-state index contributed by atoms with van der Waals surface area (Å²) >= 11 is 0. The lowest BCUT2D eigenvalue weighted by Gasteiger charge is -1.86. The van der Waals surface area contributed by atoms with E-state index in [1.54, 1.807) is 0 Å². The molecule has 0 aliphatic heterocycles. The van der Waals surface area contributed by atoms with E-state index < -0.39 is 5.97 Å². The summed E-state index contributed by atoms with van der Waals surface area (Å²) in [6.07, 6.45) is 1.20. The summed E-state index contributed by atoms with van der Waals surface area (Å²) in [7, 11) is 2.90. The molecule has 1 N–H and O–H groups in total. The second kappa shape index (κ2) is 3.77. The first-order valence-corrected chi connectivity index (χ1v) is 2.34. The van der Waals surface area contributed by atoms with Gasteiger partial charge in [-0.25, -0.2) is 4.79 Å². The molecule has 0 saturated carbocycles. The van der Waals surface area contributed by atoms with Gasteiger partial charge in [0.2, 0.25) is 0 Å². The molecule has 0 aromatic heterocycles. The van der Waals surface area contributed by atoms with Crippen molar-refractivity contribution in [2.24, 2.45) is 9.98 Å². The zero-order chi connectivity index (χ0) is 7.28. The molecule has 0 amide bonds. The van der Waals surface area contributed by atoms with Crippen LogP contribution in [-0.2, 0) is 4.79 Å². The number of carboxylic acid groups (broad SMARTS) is 1. The fourth-order valence-corrected chi connectivity index (χ4v) is 0.331. The Kier molecular flexibility index (Phi) is 3.27. The lowest BCUT2D eigenvalue weighted by molar-refractivity contribution is -0.129. The Bertz CT molecular complexity index is 160. The molecule has 0 saturated heterocycles. The SMILES string of the molecule is CN=CC(=NC)C(=O)O. The van der Waals surface area contributed by atoms with Crippen LogP contribution in [0.5, 0.6) is 0 Å². The summed E-state index contributed by atoms with van der Waals surface area (Å²) in [6, 6.07) is 0. The van der Waals surface area contributed by atoms with Gasteiger partial charge in [0.05, 0.1) is 6.21 Å². The van der Waals surface area contributed by atoms with Gasteiger partial charge in [-0.15, -0.1) is 0 Å². The van der Waals surface area contributed by atoms with Gasteiger partial charge in [0.15, 0.2) is 5.71 Å². The van der Waals surface area contributed by atoms with Gasteiger partial charge >= 0.3 is 5.97 Å². The second-order valence-corrected chi connectivity index (χ2v) is 1.30. The Balaban J connectivity index is 4.19. The van der Waals surface area contributed by atoms with Crippen molar-refractivity contribution in [1.82, 2.24) is 0 Å². The number of nitrogens with zero attached hydrogens (tertiary/aromatic N) is 2. The van der Waals surface area contributed by atoms with E-state index in [0.717, 1.165) is 0 Å². The van der Waals surface area contributed by atoms with E-state index in [0.29, 0.717) is 0 Å². The Morgan fingerprint density at radius 1 is 1.56 bits per heavy atom. The molecular weight excluding hydrogens is 120 g/mol. The molecule has 0 rings (SSSR count). The number of carboxylic acids is 1. The molecule has 0 aromatic rings. The molecule has 0 fully saturated rings. The standard InChI is InChI=1S/C5H8N2O2/c1-6-3-4(7-2)5(8)9/h3H,1-2H3,(H,8,9). The molecule has 4 nitrogen and oxygen atoms in total. The highest BCUT2D eigenvalue weighted by molar-refractivity contribution is 6.58. The minimum atomic E-state index is -1.05. The molecule has 0 spiro atoms. The average Bonchev–Trinajstić information content (AvgIpc) is 1.82. The molecule has 0 aromatic carbocycles. The van der Waals surface area contributed by atoms with E-state index in [1.807, 2.05) is 0 Å². The maximum Gasteiger partial charge on any atom is 0.355 e. The number of hydrogen-bond donors (Lipinski definition) is 1. The van der Waals surface area contributed by atoms with Crippen LogP contribution < -0.4 is 0 Å². The van der Waals surface area contributed by atoms with Gasteiger partial charge in [-0.1, -0.05) is 0 Å². The first-order valence-electron chi connectivity index (χ1n) is 2.34. The molecule has 9 heavy (non-hydrogen) atoms. The molecule has 0 atom stereocenters. The van der Waals surface area contributed by atoms with Gasteiger partial charge in [-0.05, 0) is 0 Å². The van der Waals surface area contributed by atoms with Crippen LogP contribution >= 0.6 is 0 Å². The monoisotopic (exact) mass is 128 g/mol. The Labute approximate surface area is 52.9 Å². The van der Waals surface area contributed by atoms with Gasteiger partial charge < -0.3 is 5.11 Å². The first-order chi connectivity index (χ1) is 4.22. The second-order valence-electron chi connectivity index (χ2n) is 1.30. The molecule has 0 unspecified atom stereocenters. The van der Waals surface area contributed by atoms with Crippen molar-refractivity contribution in [3.63, 3.8) is 0 Å². The van der Waals surface area contributed by atoms with Crippen molar-refractivity contribution in [2.45, 2.75) is 0 Å². The molecule has 0 aliphatic carbocycles. The highest BCUT2D eigenvalue weighted by Crippen LogP contribution is 1.71. The molecule has 0 heterocycles. The number of aliphatic imine (C=N–C) groups is 2. The topological polar surface area (TPSA) is 62.0 Å². The smallest absolute Gasteiger partial charge is 0.355 e. The summed E-state index contributed by atoms with van der Waals surface area (Å²) in [5.41, 5.74) is -0.0301. The largest absolute Gasteiger partial charge is 0.476 e. The average molecular weight is 128 g/mol. The number of aliphatic carboxylic acids is 1. The predicted octanol–water partition coefficient (Wildman–Crippen LogP) is -0.158. The third-order valence-corrected chi connectivity index (χ3v) is 0.711. The van der Waals surface area contributed by atoms with E-state index in [9.17, 15) is 4.79 Å². The Morgan fingerprint density at radius 3 is 2.22 bits per heavy atom. The number of hydrogen-bond acceptors (Lipinski definition) is 3. The van der Waals surface area contributed by atoms with E-state index in [4.69, 9.17) is 5.11 Å². The van der Waals surface area contributed by atoms with Crippen LogP contribution in [0.25, 0.3) is 0 Å². The molecule has 0 bridgehead atoms. The summed E-state index contributed by atoms with van der Waals surface area (Å²) in [5, 5.41) is 8.28. The minimum absolute atomic E-state index is 0.0301. The maximum atomic E-state index is 10.1. The Hall–Kier alpha value is -1.19. The van der Waals surface area contributed by atoms with Gasteiger partial charge in [-0.2, -0.15) is 0 Å². The number of rotatable bonds is 2. The van der Waals surface area contributed by atoms with Crippen molar-refractivity contribution in [3.05, 3.63) is 0 Å². The predicted molar refractivity (Wildman–Crippen MR) is 35.4 cm³/mol. The van der Waals surface area contributed by atoms with Crippen LogP contribution in [-0.4, -0.2) is 37.1 Å². The number of carbonyl (C=O) groups is 1. The normalized spacial score (nSPS) is 12.4. The van der Waals surface area contributed by atoms with Gasteiger partial charge in [-0.3, -0.25) is 9.98 Å². The van der Waals surface area contributed by atoms with Crippen molar-refractivity contribution in [2.75, 3.05) is 14.1 Å². The van der Waals surface area contributed by atoms with Crippen LogP contribution in [0.3, 0.4) is 0 Å². The van der Waals surface area contributed by atoms with Crippen LogP contribution in [0.15, 0.2) is 9.98 Å². The summed E-state index contributed by atoms with van der Waals surface area (Å²) < 4.78 is 0. The zero-order valence-electron chi connectivity index (χ0n) is 5.33. The van der Waals surface area contributed by atoms with Crippen LogP contribution in [0.1, 0.15) is 0 Å². The van der Waals surface area contributed by atoms with Gasteiger partial charge in [0.1, 0.15) is 0 Å². The van der Waals surface area contributed by atoms with E-state index >= 15 is 0 Å². The highest BCUT2D eigenvalue weighted by Gasteiger charge is 2.01. The minimum Gasteiger partial charge on any atom is -0.476 e. The quantitative estimate of drug-likeness (QED) is 0.525.